The van der Waals surface area contributed by atoms with Gasteiger partial charge < -0.3 is 4.74 Å². The Hall–Kier alpha value is -1.24. The molecule has 0 fully saturated rings. The molecule has 1 N–H and O–H groups in total. The second-order valence-electron chi connectivity index (χ2n) is 4.56. The first-order valence-electron chi connectivity index (χ1n) is 6.52. The molecule has 0 spiro atoms. The molecule has 22 heavy (non-hydrogen) atoms. The first-order chi connectivity index (χ1) is 10.4. The van der Waals surface area contributed by atoms with E-state index in [4.69, 9.17) is 16.3 Å². The Bertz CT molecular complexity index is 793. The zero-order valence-electron chi connectivity index (χ0n) is 12.1. The lowest BCUT2D eigenvalue weighted by molar-refractivity contribution is 0.409. The van der Waals surface area contributed by atoms with Crippen molar-refractivity contribution < 1.29 is 13.2 Å². The lowest BCUT2D eigenvalue weighted by Gasteiger charge is -2.12. The van der Waals surface area contributed by atoms with E-state index >= 15 is 0 Å². The molecular weight excluding hydrogens is 390 g/mol. The van der Waals surface area contributed by atoms with Crippen LogP contribution in [-0.4, -0.2) is 15.5 Å². The number of halogens is 2. The van der Waals surface area contributed by atoms with E-state index in [1.165, 1.54) is 6.07 Å². The quantitative estimate of drug-likeness (QED) is 0.799. The molecule has 2 aromatic rings. The minimum absolute atomic E-state index is 0.184. The number of anilines is 1. The van der Waals surface area contributed by atoms with Crippen LogP contribution in [0.5, 0.6) is 5.75 Å². The van der Waals surface area contributed by atoms with Gasteiger partial charge in [0, 0.05) is 4.47 Å². The first kappa shape index (κ1) is 17.1. The van der Waals surface area contributed by atoms with Crippen molar-refractivity contribution in [1.82, 2.24) is 0 Å². The Balaban J connectivity index is 2.35. The fourth-order valence-electron chi connectivity index (χ4n) is 1.97. The average molecular weight is 405 g/mol. The zero-order chi connectivity index (χ0) is 16.3. The largest absolute Gasteiger partial charge is 0.496 e. The molecule has 0 saturated carbocycles. The molecule has 0 unspecified atom stereocenters. The molecule has 4 nitrogen and oxygen atoms in total. The molecule has 0 amide bonds. The van der Waals surface area contributed by atoms with Gasteiger partial charge in [-0.25, -0.2) is 8.42 Å². The van der Waals surface area contributed by atoms with E-state index in [2.05, 4.69) is 20.7 Å². The van der Waals surface area contributed by atoms with Crippen LogP contribution in [0.4, 0.5) is 5.69 Å². The Labute approximate surface area is 143 Å². The van der Waals surface area contributed by atoms with Crippen LogP contribution in [0, 0.1) is 0 Å². The van der Waals surface area contributed by atoms with Gasteiger partial charge >= 0.3 is 0 Å². The van der Waals surface area contributed by atoms with Crippen molar-refractivity contribution >= 4 is 43.2 Å². The minimum atomic E-state index is -3.68. The number of sulfonamides is 1. The van der Waals surface area contributed by atoms with Crippen LogP contribution in [-0.2, 0) is 16.4 Å². The number of aryl methyl sites for hydroxylation is 1. The number of methoxy groups -OCH3 is 1. The number of nitrogens with one attached hydrogen (secondary N) is 1. The summed E-state index contributed by atoms with van der Waals surface area (Å²) >= 11 is 9.24. The van der Waals surface area contributed by atoms with Gasteiger partial charge in [-0.05, 0) is 64.3 Å². The van der Waals surface area contributed by atoms with Gasteiger partial charge in [0.25, 0.3) is 10.0 Å². The fraction of sp³-hybridized carbons (Fsp3) is 0.200. The summed E-state index contributed by atoms with van der Waals surface area (Å²) in [5, 5.41) is 0.434. The summed E-state index contributed by atoms with van der Waals surface area (Å²) in [5.74, 6) is 0.674. The number of rotatable bonds is 5. The lowest BCUT2D eigenvalue weighted by atomic mass is 10.1. The van der Waals surface area contributed by atoms with E-state index in [0.717, 1.165) is 5.56 Å². The molecule has 0 atom stereocenters. The Morgan fingerprint density at radius 3 is 2.55 bits per heavy atom. The monoisotopic (exact) mass is 403 g/mol. The molecule has 0 aliphatic heterocycles. The smallest absolute Gasteiger partial charge is 0.261 e. The summed E-state index contributed by atoms with van der Waals surface area (Å²) in [7, 11) is -2.12. The number of benzene rings is 2. The lowest BCUT2D eigenvalue weighted by Crippen LogP contribution is -2.13. The summed E-state index contributed by atoms with van der Waals surface area (Å²) in [6, 6.07) is 9.65. The Morgan fingerprint density at radius 2 is 1.95 bits per heavy atom. The molecule has 118 valence electrons. The Kier molecular flexibility index (Phi) is 5.36. The van der Waals surface area contributed by atoms with E-state index in [9.17, 15) is 8.42 Å². The third kappa shape index (κ3) is 3.74. The third-order valence-corrected chi connectivity index (χ3v) is 5.73. The third-order valence-electron chi connectivity index (χ3n) is 3.11. The predicted molar refractivity (Wildman–Crippen MR) is 92.3 cm³/mol. The second-order valence-corrected chi connectivity index (χ2v) is 7.51. The summed E-state index contributed by atoms with van der Waals surface area (Å²) in [6.07, 6.45) is 0.677. The van der Waals surface area contributed by atoms with E-state index < -0.39 is 10.0 Å². The highest BCUT2D eigenvalue weighted by Gasteiger charge is 2.16. The van der Waals surface area contributed by atoms with E-state index in [-0.39, 0.29) is 4.90 Å². The number of hydrogen-bond acceptors (Lipinski definition) is 3. The molecule has 2 rings (SSSR count). The Morgan fingerprint density at radius 1 is 1.23 bits per heavy atom. The molecule has 0 radical (unpaired) electrons. The number of ether oxygens (including phenoxy) is 1. The fourth-order valence-corrected chi connectivity index (χ4v) is 3.50. The SMILES string of the molecule is CCc1cc(S(=O)(=O)Nc2ccc(Br)c(Cl)c2)ccc1OC. The van der Waals surface area contributed by atoms with Crippen LogP contribution in [0.15, 0.2) is 45.8 Å². The van der Waals surface area contributed by atoms with Gasteiger partial charge in [-0.1, -0.05) is 18.5 Å². The van der Waals surface area contributed by atoms with Crippen molar-refractivity contribution in [2.45, 2.75) is 18.2 Å². The van der Waals surface area contributed by atoms with Crippen LogP contribution in [0.3, 0.4) is 0 Å². The standard InChI is InChI=1S/C15H15BrClNO3S/c1-3-10-8-12(5-7-15(10)21-2)22(19,20)18-11-4-6-13(16)14(17)9-11/h4-9,18H,3H2,1-2H3. The molecular formula is C15H15BrClNO3S. The molecule has 0 bridgehead atoms. The van der Waals surface area contributed by atoms with Crippen molar-refractivity contribution in [3.8, 4) is 5.75 Å². The normalized spacial score (nSPS) is 11.3. The van der Waals surface area contributed by atoms with E-state index in [0.29, 0.717) is 27.4 Å². The van der Waals surface area contributed by atoms with E-state index in [1.54, 1.807) is 37.4 Å². The van der Waals surface area contributed by atoms with Gasteiger partial charge in [-0.3, -0.25) is 4.72 Å². The van der Waals surface area contributed by atoms with Crippen molar-refractivity contribution in [1.29, 1.82) is 0 Å². The van der Waals surface area contributed by atoms with Gasteiger partial charge in [0.15, 0.2) is 0 Å². The van der Waals surface area contributed by atoms with Crippen LogP contribution in [0.2, 0.25) is 5.02 Å². The van der Waals surface area contributed by atoms with Gasteiger partial charge in [0.1, 0.15) is 5.75 Å². The van der Waals surface area contributed by atoms with Crippen LogP contribution in [0.25, 0.3) is 0 Å². The summed E-state index contributed by atoms with van der Waals surface area (Å²) in [6.45, 7) is 1.94. The maximum atomic E-state index is 12.5. The highest BCUT2D eigenvalue weighted by molar-refractivity contribution is 9.10. The first-order valence-corrected chi connectivity index (χ1v) is 9.17. The van der Waals surface area contributed by atoms with Crippen LogP contribution >= 0.6 is 27.5 Å². The average Bonchev–Trinajstić information content (AvgIpc) is 2.50. The van der Waals surface area contributed by atoms with Crippen molar-refractivity contribution in [2.24, 2.45) is 0 Å². The van der Waals surface area contributed by atoms with Gasteiger partial charge in [0.2, 0.25) is 0 Å². The molecule has 0 aromatic heterocycles. The molecule has 0 saturated heterocycles. The highest BCUT2D eigenvalue weighted by atomic mass is 79.9. The minimum Gasteiger partial charge on any atom is -0.496 e. The molecule has 7 heteroatoms. The topological polar surface area (TPSA) is 55.4 Å². The maximum absolute atomic E-state index is 12.5. The zero-order valence-corrected chi connectivity index (χ0v) is 15.2. The second kappa shape index (κ2) is 6.89. The van der Waals surface area contributed by atoms with Crippen molar-refractivity contribution in [2.75, 3.05) is 11.8 Å². The molecule has 0 heterocycles. The van der Waals surface area contributed by atoms with Crippen molar-refractivity contribution in [3.05, 3.63) is 51.5 Å². The molecule has 2 aromatic carbocycles. The van der Waals surface area contributed by atoms with Gasteiger partial charge in [-0.2, -0.15) is 0 Å². The predicted octanol–water partition coefficient (Wildman–Crippen LogP) is 4.47. The van der Waals surface area contributed by atoms with Gasteiger partial charge in [0.05, 0.1) is 22.7 Å². The molecule has 0 aliphatic rings. The summed E-state index contributed by atoms with van der Waals surface area (Å²) < 4.78 is 33.4. The summed E-state index contributed by atoms with van der Waals surface area (Å²) in [4.78, 5) is 0.184. The van der Waals surface area contributed by atoms with E-state index in [1.807, 2.05) is 6.92 Å². The van der Waals surface area contributed by atoms with Crippen molar-refractivity contribution in [3.63, 3.8) is 0 Å². The summed E-state index contributed by atoms with van der Waals surface area (Å²) in [5.41, 5.74) is 1.24. The van der Waals surface area contributed by atoms with Gasteiger partial charge in [-0.15, -0.1) is 0 Å². The number of hydrogen-bond donors (Lipinski definition) is 1. The van der Waals surface area contributed by atoms with Crippen LogP contribution in [0.1, 0.15) is 12.5 Å². The molecule has 0 aliphatic carbocycles. The highest BCUT2D eigenvalue weighted by Crippen LogP contribution is 2.28. The van der Waals surface area contributed by atoms with Crippen LogP contribution < -0.4 is 9.46 Å². The maximum Gasteiger partial charge on any atom is 0.261 e.